The number of piperidine rings is 1. The predicted octanol–water partition coefficient (Wildman–Crippen LogP) is 4.92. The van der Waals surface area contributed by atoms with Crippen LogP contribution in [0.25, 0.3) is 0 Å². The van der Waals surface area contributed by atoms with Gasteiger partial charge in [-0.25, -0.2) is 14.0 Å². The highest BCUT2D eigenvalue weighted by Crippen LogP contribution is 2.46. The molecule has 198 valence electrons. The third-order valence-corrected chi connectivity index (χ3v) is 7.89. The van der Waals surface area contributed by atoms with E-state index < -0.39 is 17.3 Å². The maximum absolute atomic E-state index is 14.2. The molecule has 0 spiro atoms. The summed E-state index contributed by atoms with van der Waals surface area (Å²) in [6, 6.07) is 11.9. The largest absolute Gasteiger partial charge is 0.462 e. The predicted molar refractivity (Wildman–Crippen MR) is 137 cm³/mol. The van der Waals surface area contributed by atoms with Gasteiger partial charge < -0.3 is 19.3 Å². The number of nitrogens with one attached hydrogen (secondary N) is 1. The molecule has 0 radical (unpaired) electrons. The number of rotatable bonds is 9. The Balaban J connectivity index is 1.59. The minimum atomic E-state index is -0.807. The molecule has 0 bridgehead atoms. The van der Waals surface area contributed by atoms with Crippen LogP contribution in [0.2, 0.25) is 0 Å². The number of aryl methyl sites for hydroxylation is 1. The zero-order chi connectivity index (χ0) is 26.5. The second kappa shape index (κ2) is 11.4. The van der Waals surface area contributed by atoms with E-state index >= 15 is 0 Å². The second-order valence-corrected chi connectivity index (χ2v) is 10.2. The smallest absolute Gasteiger partial charge is 0.362 e. The van der Waals surface area contributed by atoms with E-state index in [1.807, 2.05) is 30.3 Å². The molecule has 8 heteroatoms. The standard InChI is InChI=1S/C29H35FN2O5/c1-3-36-27(34)24-18-23(30)17-21(2)26(24)31-28(35)29(13-10-14-29)32(15-8-5-9-16-32)19-25(33)37-20-22-11-6-4-7-12-22/h4,6-7,11-12,17-18H,3,5,8-10,13-16,19-20H2,1-2H3/p+1. The van der Waals surface area contributed by atoms with Crippen LogP contribution in [0.1, 0.15) is 66.9 Å². The lowest BCUT2D eigenvalue weighted by Crippen LogP contribution is -2.74. The Labute approximate surface area is 217 Å². The van der Waals surface area contributed by atoms with Gasteiger partial charge in [0.05, 0.1) is 30.9 Å². The van der Waals surface area contributed by atoms with Gasteiger partial charge in [0.1, 0.15) is 12.4 Å². The first-order valence-corrected chi connectivity index (χ1v) is 13.1. The zero-order valence-electron chi connectivity index (χ0n) is 21.7. The molecule has 37 heavy (non-hydrogen) atoms. The number of likely N-dealkylation sites (tertiary alicyclic amines) is 1. The summed E-state index contributed by atoms with van der Waals surface area (Å²) in [5.41, 5.74) is 0.806. The van der Waals surface area contributed by atoms with Crippen molar-refractivity contribution in [2.45, 2.75) is 64.5 Å². The lowest BCUT2D eigenvalue weighted by Gasteiger charge is -2.57. The van der Waals surface area contributed by atoms with Crippen molar-refractivity contribution in [3.05, 3.63) is 65.0 Å². The van der Waals surface area contributed by atoms with Crippen molar-refractivity contribution in [3.63, 3.8) is 0 Å². The first kappa shape index (κ1) is 26.8. The summed E-state index contributed by atoms with van der Waals surface area (Å²) in [5.74, 6) is -1.82. The fourth-order valence-electron chi connectivity index (χ4n) is 5.82. The summed E-state index contributed by atoms with van der Waals surface area (Å²) in [4.78, 5) is 39.7. The molecule has 0 atom stereocenters. The molecule has 2 aliphatic rings. The molecule has 2 aromatic carbocycles. The van der Waals surface area contributed by atoms with Gasteiger partial charge in [0.15, 0.2) is 12.1 Å². The van der Waals surface area contributed by atoms with Crippen LogP contribution in [0.5, 0.6) is 0 Å². The Morgan fingerprint density at radius 3 is 2.32 bits per heavy atom. The van der Waals surface area contributed by atoms with E-state index in [1.165, 1.54) is 6.07 Å². The van der Waals surface area contributed by atoms with Crippen LogP contribution in [0, 0.1) is 12.7 Å². The molecule has 0 aromatic heterocycles. The minimum Gasteiger partial charge on any atom is -0.462 e. The number of nitrogens with zero attached hydrogens (tertiary/aromatic N) is 1. The highest BCUT2D eigenvalue weighted by atomic mass is 19.1. The molecular weight excluding hydrogens is 475 g/mol. The number of ether oxygens (including phenoxy) is 2. The summed E-state index contributed by atoms with van der Waals surface area (Å²) in [7, 11) is 0. The maximum Gasteiger partial charge on any atom is 0.362 e. The fourth-order valence-corrected chi connectivity index (χ4v) is 5.82. The number of hydrogen-bond acceptors (Lipinski definition) is 5. The van der Waals surface area contributed by atoms with Gasteiger partial charge in [-0.15, -0.1) is 0 Å². The van der Waals surface area contributed by atoms with E-state index in [2.05, 4.69) is 5.32 Å². The lowest BCUT2D eigenvalue weighted by atomic mass is 9.71. The molecule has 2 fully saturated rings. The van der Waals surface area contributed by atoms with Gasteiger partial charge in [0, 0.05) is 12.8 Å². The van der Waals surface area contributed by atoms with Crippen molar-refractivity contribution in [2.75, 3.05) is 31.6 Å². The Kier molecular flexibility index (Phi) is 8.27. The molecule has 2 aromatic rings. The molecule has 1 saturated heterocycles. The zero-order valence-corrected chi connectivity index (χ0v) is 21.7. The van der Waals surface area contributed by atoms with E-state index in [9.17, 15) is 18.8 Å². The van der Waals surface area contributed by atoms with Gasteiger partial charge >= 0.3 is 11.9 Å². The van der Waals surface area contributed by atoms with Crippen molar-refractivity contribution in [1.29, 1.82) is 0 Å². The van der Waals surface area contributed by atoms with E-state index in [0.29, 0.717) is 36.0 Å². The van der Waals surface area contributed by atoms with Crippen LogP contribution in [-0.2, 0) is 25.7 Å². The van der Waals surface area contributed by atoms with E-state index in [1.54, 1.807) is 13.8 Å². The fraction of sp³-hybridized carbons (Fsp3) is 0.483. The molecule has 1 amide bonds. The summed E-state index contributed by atoms with van der Waals surface area (Å²) < 4.78 is 25.3. The Morgan fingerprint density at radius 2 is 1.70 bits per heavy atom. The van der Waals surface area contributed by atoms with Gasteiger partial charge in [0.25, 0.3) is 5.91 Å². The molecule has 1 saturated carbocycles. The monoisotopic (exact) mass is 511 g/mol. The van der Waals surface area contributed by atoms with Crippen molar-refractivity contribution in [3.8, 4) is 0 Å². The second-order valence-electron chi connectivity index (χ2n) is 10.2. The van der Waals surface area contributed by atoms with Crippen LogP contribution in [0.3, 0.4) is 0 Å². The summed E-state index contributed by atoms with van der Waals surface area (Å²) in [6.07, 6.45) is 5.05. The highest BCUT2D eigenvalue weighted by Gasteiger charge is 2.61. The molecule has 0 unspecified atom stereocenters. The Bertz CT molecular complexity index is 1140. The normalized spacial score (nSPS) is 17.8. The maximum atomic E-state index is 14.2. The van der Waals surface area contributed by atoms with Crippen molar-refractivity contribution >= 4 is 23.5 Å². The van der Waals surface area contributed by atoms with Crippen molar-refractivity contribution in [1.82, 2.24) is 0 Å². The Hall–Kier alpha value is -3.26. The summed E-state index contributed by atoms with van der Waals surface area (Å²) in [6.45, 7) is 5.19. The average molecular weight is 512 g/mol. The first-order valence-electron chi connectivity index (χ1n) is 13.1. The molecule has 7 nitrogen and oxygen atoms in total. The SMILES string of the molecule is CCOC(=O)c1cc(F)cc(C)c1NC(=O)C1([N+]2(CC(=O)OCc3ccccc3)CCCCC2)CCC1. The van der Waals surface area contributed by atoms with E-state index in [-0.39, 0.29) is 42.9 Å². The molecule has 4 rings (SSSR count). The third kappa shape index (κ3) is 5.54. The number of benzene rings is 2. The molecular formula is C29H36FN2O5+. The number of anilines is 1. The quantitative estimate of drug-likeness (QED) is 0.382. The van der Waals surface area contributed by atoms with Gasteiger partial charge in [0.2, 0.25) is 0 Å². The van der Waals surface area contributed by atoms with E-state index in [4.69, 9.17) is 9.47 Å². The Morgan fingerprint density at radius 1 is 1.00 bits per heavy atom. The van der Waals surface area contributed by atoms with Gasteiger partial charge in [-0.2, -0.15) is 0 Å². The number of amides is 1. The molecule has 1 aliphatic carbocycles. The molecule has 1 N–H and O–H groups in total. The van der Waals surface area contributed by atoms with Crippen LogP contribution in [-0.4, -0.2) is 54.1 Å². The topological polar surface area (TPSA) is 81.7 Å². The van der Waals surface area contributed by atoms with Crippen LogP contribution in [0.4, 0.5) is 10.1 Å². The van der Waals surface area contributed by atoms with Crippen molar-refractivity contribution < 1.29 is 32.7 Å². The minimum absolute atomic E-state index is 0.00496. The van der Waals surface area contributed by atoms with Gasteiger partial charge in [-0.3, -0.25) is 4.79 Å². The van der Waals surface area contributed by atoms with Crippen LogP contribution < -0.4 is 5.32 Å². The average Bonchev–Trinajstić information content (AvgIpc) is 2.85. The van der Waals surface area contributed by atoms with Crippen LogP contribution in [0.15, 0.2) is 42.5 Å². The number of esters is 2. The number of quaternary nitrogens is 1. The summed E-state index contributed by atoms with van der Waals surface area (Å²) in [5, 5.41) is 2.97. The van der Waals surface area contributed by atoms with Crippen LogP contribution >= 0.6 is 0 Å². The lowest BCUT2D eigenvalue weighted by molar-refractivity contribution is -0.970. The molecule has 1 aliphatic heterocycles. The summed E-state index contributed by atoms with van der Waals surface area (Å²) >= 11 is 0. The number of halogens is 1. The number of carbonyl (C=O) groups is 3. The number of carbonyl (C=O) groups excluding carboxylic acids is 3. The highest BCUT2D eigenvalue weighted by molar-refractivity contribution is 6.05. The third-order valence-electron chi connectivity index (χ3n) is 7.89. The first-order chi connectivity index (χ1) is 17.8. The van der Waals surface area contributed by atoms with Gasteiger partial charge in [-0.1, -0.05) is 30.3 Å². The molecule has 1 heterocycles. The van der Waals surface area contributed by atoms with Gasteiger partial charge in [-0.05, 0) is 62.8 Å². The number of hydrogen-bond donors (Lipinski definition) is 1. The van der Waals surface area contributed by atoms with Crippen molar-refractivity contribution in [2.24, 2.45) is 0 Å². The van der Waals surface area contributed by atoms with E-state index in [0.717, 1.165) is 37.3 Å².